The molecule has 0 fully saturated rings. The lowest BCUT2D eigenvalue weighted by molar-refractivity contribution is -0.0498. The maximum Gasteiger partial charge on any atom is 0.387 e. The van der Waals surface area contributed by atoms with E-state index in [1.807, 2.05) is 31.2 Å². The fourth-order valence-electron chi connectivity index (χ4n) is 5.21. The Balaban J connectivity index is 1.60. The van der Waals surface area contributed by atoms with Gasteiger partial charge in [0.25, 0.3) is 5.91 Å². The van der Waals surface area contributed by atoms with Crippen LogP contribution in [-0.2, 0) is 5.60 Å². The summed E-state index contributed by atoms with van der Waals surface area (Å²) in [6, 6.07) is 11.6. The van der Waals surface area contributed by atoms with Crippen molar-refractivity contribution in [2.24, 2.45) is 0 Å². The molecule has 4 aromatic rings. The normalized spacial score (nSPS) is 20.5. The standard InChI is InChI=1S/C27H24F2N4O4/c1-4-18-24-31-17-9-8-14(15-11-21-23(30-12-15)27(2,35)13-36-21)10-19(17)33(24)22-16(25(34)32(18)3)6-5-7-20(22)37-26(28)29/h5-12,18,26,35H,4,13H2,1-3H3/t18-,27?/m1/s1. The number of aliphatic hydroxyl groups is 1. The summed E-state index contributed by atoms with van der Waals surface area (Å²) in [4.78, 5) is 24.3. The predicted molar refractivity (Wildman–Crippen MR) is 131 cm³/mol. The molecule has 1 N–H and O–H groups in total. The third-order valence-corrected chi connectivity index (χ3v) is 7.03. The molecule has 0 spiro atoms. The topological polar surface area (TPSA) is 89.7 Å². The van der Waals surface area contributed by atoms with Crippen LogP contribution >= 0.6 is 0 Å². The van der Waals surface area contributed by atoms with E-state index >= 15 is 0 Å². The molecule has 0 saturated carbocycles. The fraction of sp³-hybridized carbons (Fsp3) is 0.296. The number of carbonyl (C=O) groups is 1. The summed E-state index contributed by atoms with van der Waals surface area (Å²) in [6.45, 7) is 0.657. The van der Waals surface area contributed by atoms with Crippen LogP contribution in [-0.4, -0.2) is 50.7 Å². The number of benzene rings is 2. The number of para-hydroxylation sites is 1. The number of imidazole rings is 1. The van der Waals surface area contributed by atoms with Crippen LogP contribution in [0.4, 0.5) is 8.78 Å². The highest BCUT2D eigenvalue weighted by Crippen LogP contribution is 2.42. The van der Waals surface area contributed by atoms with E-state index in [-0.39, 0.29) is 35.6 Å². The van der Waals surface area contributed by atoms with Crippen LogP contribution in [0.3, 0.4) is 0 Å². The van der Waals surface area contributed by atoms with Gasteiger partial charge in [0.2, 0.25) is 0 Å². The monoisotopic (exact) mass is 506 g/mol. The van der Waals surface area contributed by atoms with Gasteiger partial charge in [-0.05, 0) is 49.2 Å². The van der Waals surface area contributed by atoms with Crippen molar-refractivity contribution in [2.45, 2.75) is 38.5 Å². The number of nitrogens with zero attached hydrogens (tertiary/aromatic N) is 4. The zero-order valence-electron chi connectivity index (χ0n) is 20.4. The number of alkyl halides is 2. The first-order chi connectivity index (χ1) is 17.7. The minimum Gasteiger partial charge on any atom is -0.488 e. The lowest BCUT2D eigenvalue weighted by atomic mass is 10.0. The number of pyridine rings is 1. The van der Waals surface area contributed by atoms with E-state index in [1.54, 1.807) is 35.7 Å². The Bertz CT molecular complexity index is 1570. The summed E-state index contributed by atoms with van der Waals surface area (Å²) in [7, 11) is 1.69. The van der Waals surface area contributed by atoms with Gasteiger partial charge in [-0.15, -0.1) is 0 Å². The van der Waals surface area contributed by atoms with Gasteiger partial charge in [0.1, 0.15) is 35.2 Å². The number of fused-ring (bicyclic) bond motifs is 6. The molecule has 6 rings (SSSR count). The van der Waals surface area contributed by atoms with Crippen molar-refractivity contribution in [3.8, 4) is 28.3 Å². The molecule has 1 unspecified atom stereocenters. The molecule has 0 aliphatic carbocycles. The van der Waals surface area contributed by atoms with Crippen molar-refractivity contribution in [3.05, 3.63) is 65.7 Å². The van der Waals surface area contributed by atoms with Crippen molar-refractivity contribution in [2.75, 3.05) is 13.7 Å². The number of aromatic nitrogens is 3. The van der Waals surface area contributed by atoms with Gasteiger partial charge in [0.05, 0.1) is 22.6 Å². The summed E-state index contributed by atoms with van der Waals surface area (Å²) in [5.41, 5.74) is 2.62. The number of rotatable bonds is 4. The van der Waals surface area contributed by atoms with Gasteiger partial charge in [-0.1, -0.05) is 19.1 Å². The summed E-state index contributed by atoms with van der Waals surface area (Å²) >= 11 is 0. The van der Waals surface area contributed by atoms with E-state index in [9.17, 15) is 18.7 Å². The van der Waals surface area contributed by atoms with E-state index in [0.29, 0.717) is 34.7 Å². The second-order valence-electron chi connectivity index (χ2n) is 9.51. The van der Waals surface area contributed by atoms with Gasteiger partial charge in [-0.2, -0.15) is 8.78 Å². The molecule has 37 heavy (non-hydrogen) atoms. The molecule has 2 aliphatic rings. The molecule has 8 nitrogen and oxygen atoms in total. The molecular formula is C27H24F2N4O4. The lowest BCUT2D eigenvalue weighted by Crippen LogP contribution is -2.30. The second-order valence-corrected chi connectivity index (χ2v) is 9.51. The number of amides is 1. The van der Waals surface area contributed by atoms with Gasteiger partial charge in [0.15, 0.2) is 5.75 Å². The highest BCUT2D eigenvalue weighted by Gasteiger charge is 2.37. The predicted octanol–water partition coefficient (Wildman–Crippen LogP) is 4.83. The van der Waals surface area contributed by atoms with Crippen molar-refractivity contribution in [1.82, 2.24) is 19.4 Å². The zero-order chi connectivity index (χ0) is 26.1. The molecule has 2 aromatic carbocycles. The Kier molecular flexibility index (Phi) is 5.20. The van der Waals surface area contributed by atoms with Crippen LogP contribution in [0.2, 0.25) is 0 Å². The molecule has 2 aromatic heterocycles. The Morgan fingerprint density at radius 3 is 2.81 bits per heavy atom. The third kappa shape index (κ3) is 3.54. The van der Waals surface area contributed by atoms with Gasteiger partial charge in [-0.3, -0.25) is 14.3 Å². The number of ether oxygens (including phenoxy) is 2. The van der Waals surface area contributed by atoms with Crippen LogP contribution in [0.1, 0.15) is 48.2 Å². The minimum atomic E-state index is -3.06. The number of carbonyl (C=O) groups excluding carboxylic acids is 1. The van der Waals surface area contributed by atoms with Gasteiger partial charge in [-0.25, -0.2) is 4.98 Å². The summed E-state index contributed by atoms with van der Waals surface area (Å²) < 4.78 is 39.1. The molecule has 2 atom stereocenters. The lowest BCUT2D eigenvalue weighted by Gasteiger charge is -2.24. The minimum absolute atomic E-state index is 0.105. The van der Waals surface area contributed by atoms with Crippen LogP contribution in [0, 0.1) is 0 Å². The Hall–Kier alpha value is -4.05. The van der Waals surface area contributed by atoms with Crippen molar-refractivity contribution < 1.29 is 28.2 Å². The maximum absolute atomic E-state index is 13.4. The summed E-state index contributed by atoms with van der Waals surface area (Å²) in [5.74, 6) is 0.655. The van der Waals surface area contributed by atoms with Crippen molar-refractivity contribution >= 4 is 16.9 Å². The maximum atomic E-state index is 13.4. The van der Waals surface area contributed by atoms with E-state index in [1.165, 1.54) is 12.1 Å². The second kappa shape index (κ2) is 8.24. The van der Waals surface area contributed by atoms with Crippen LogP contribution in [0.5, 0.6) is 11.5 Å². The molecule has 4 heterocycles. The molecule has 0 radical (unpaired) electrons. The van der Waals surface area contributed by atoms with E-state index in [0.717, 1.165) is 11.1 Å². The fourth-order valence-corrected chi connectivity index (χ4v) is 5.21. The number of hydrogen-bond acceptors (Lipinski definition) is 6. The molecular weight excluding hydrogens is 482 g/mol. The highest BCUT2D eigenvalue weighted by atomic mass is 19.3. The zero-order valence-corrected chi connectivity index (χ0v) is 20.4. The molecule has 0 bridgehead atoms. The van der Waals surface area contributed by atoms with E-state index < -0.39 is 12.2 Å². The highest BCUT2D eigenvalue weighted by molar-refractivity contribution is 6.01. The molecule has 190 valence electrons. The molecule has 1 amide bonds. The summed E-state index contributed by atoms with van der Waals surface area (Å²) in [5, 5.41) is 10.5. The van der Waals surface area contributed by atoms with E-state index in [4.69, 9.17) is 14.5 Å². The van der Waals surface area contributed by atoms with Crippen LogP contribution < -0.4 is 9.47 Å². The van der Waals surface area contributed by atoms with Crippen LogP contribution in [0.15, 0.2) is 48.7 Å². The first-order valence-corrected chi connectivity index (χ1v) is 11.9. The average Bonchev–Trinajstić information content (AvgIpc) is 3.36. The van der Waals surface area contributed by atoms with Crippen LogP contribution in [0.25, 0.3) is 27.8 Å². The van der Waals surface area contributed by atoms with Gasteiger partial charge in [0, 0.05) is 18.8 Å². The molecule has 2 aliphatic heterocycles. The molecule has 0 saturated heterocycles. The Morgan fingerprint density at radius 2 is 2.05 bits per heavy atom. The largest absolute Gasteiger partial charge is 0.488 e. The first-order valence-electron chi connectivity index (χ1n) is 11.9. The summed E-state index contributed by atoms with van der Waals surface area (Å²) in [6.07, 6.45) is 2.23. The molecule has 10 heteroatoms. The Labute approximate surface area is 211 Å². The number of hydrogen-bond donors (Lipinski definition) is 1. The van der Waals surface area contributed by atoms with Crippen molar-refractivity contribution in [1.29, 1.82) is 0 Å². The van der Waals surface area contributed by atoms with Gasteiger partial charge < -0.3 is 19.5 Å². The first kappa shape index (κ1) is 23.4. The third-order valence-electron chi connectivity index (χ3n) is 7.03. The average molecular weight is 507 g/mol. The Morgan fingerprint density at radius 1 is 1.24 bits per heavy atom. The quantitative estimate of drug-likeness (QED) is 0.427. The van der Waals surface area contributed by atoms with E-state index in [2.05, 4.69) is 4.98 Å². The van der Waals surface area contributed by atoms with Crippen molar-refractivity contribution in [3.63, 3.8) is 0 Å². The SMILES string of the molecule is CC[C@@H]1c2nc3ccc(-c4cnc5c(c4)OCC5(C)O)cc3n2-c2c(OC(F)F)cccc2C(=O)N1C. The number of halogens is 2. The smallest absolute Gasteiger partial charge is 0.387 e. The van der Waals surface area contributed by atoms with Gasteiger partial charge >= 0.3 is 6.61 Å².